The maximum atomic E-state index is 12.9. The molecule has 1 aromatic rings. The first kappa shape index (κ1) is 23.2. The number of hydrogen-bond donors (Lipinski definition) is 2. The maximum absolute atomic E-state index is 12.9. The fourth-order valence-corrected chi connectivity index (χ4v) is 3.88. The molecule has 0 bridgehead atoms. The van der Waals surface area contributed by atoms with Crippen LogP contribution in [0.15, 0.2) is 18.2 Å². The lowest BCUT2D eigenvalue weighted by Crippen LogP contribution is -2.36. The van der Waals surface area contributed by atoms with E-state index in [-0.39, 0.29) is 23.8 Å². The Morgan fingerprint density at radius 2 is 1.86 bits per heavy atom. The number of hydrogen-bond acceptors (Lipinski definition) is 3. The summed E-state index contributed by atoms with van der Waals surface area (Å²) in [6.07, 6.45) is 6.16. The van der Waals surface area contributed by atoms with E-state index in [1.54, 1.807) is 0 Å². The lowest BCUT2D eigenvalue weighted by Gasteiger charge is -2.33. The molecule has 1 saturated heterocycles. The van der Waals surface area contributed by atoms with Gasteiger partial charge in [-0.15, -0.1) is 0 Å². The summed E-state index contributed by atoms with van der Waals surface area (Å²) in [5.41, 5.74) is 2.31. The number of unbranched alkanes of at least 4 members (excludes halogenated alkanes) is 1. The largest absolute Gasteiger partial charge is 0.371 e. The molecule has 1 aliphatic heterocycles. The molecule has 0 spiro atoms. The molecule has 1 aliphatic rings. The summed E-state index contributed by atoms with van der Waals surface area (Å²) in [5, 5.41) is 6.06. The predicted octanol–water partition coefficient (Wildman–Crippen LogP) is 5.22. The third-order valence-corrected chi connectivity index (χ3v) is 5.82. The van der Waals surface area contributed by atoms with Gasteiger partial charge in [0.1, 0.15) is 0 Å². The fraction of sp³-hybridized carbons (Fsp3) is 0.667. The molecule has 5 heteroatoms. The third-order valence-electron chi connectivity index (χ3n) is 5.82. The van der Waals surface area contributed by atoms with Crippen LogP contribution in [-0.4, -0.2) is 30.9 Å². The molecule has 0 saturated carbocycles. The van der Waals surface area contributed by atoms with Crippen LogP contribution in [0.5, 0.6) is 0 Å². The monoisotopic (exact) mass is 401 g/mol. The number of anilines is 2. The van der Waals surface area contributed by atoms with E-state index in [4.69, 9.17) is 0 Å². The average Bonchev–Trinajstić information content (AvgIpc) is 2.68. The number of carbonyl (C=O) groups excluding carboxylic acids is 2. The number of amides is 2. The zero-order valence-electron chi connectivity index (χ0n) is 18.9. The Morgan fingerprint density at radius 1 is 1.17 bits per heavy atom. The molecular formula is C24H39N3O2. The topological polar surface area (TPSA) is 61.4 Å². The van der Waals surface area contributed by atoms with E-state index in [9.17, 15) is 9.59 Å². The molecule has 0 aliphatic carbocycles. The first-order valence-corrected chi connectivity index (χ1v) is 11.4. The molecular weight excluding hydrogens is 362 g/mol. The van der Waals surface area contributed by atoms with Gasteiger partial charge in [0, 0.05) is 36.4 Å². The Bertz CT molecular complexity index is 679. The van der Waals surface area contributed by atoms with Gasteiger partial charge in [0.2, 0.25) is 5.91 Å². The van der Waals surface area contributed by atoms with Gasteiger partial charge in [-0.05, 0) is 63.6 Å². The second-order valence-corrected chi connectivity index (χ2v) is 8.77. The quantitative estimate of drug-likeness (QED) is 0.597. The van der Waals surface area contributed by atoms with E-state index >= 15 is 0 Å². The number of nitrogens with zero attached hydrogens (tertiary/aromatic N) is 1. The average molecular weight is 402 g/mol. The first-order chi connectivity index (χ1) is 13.8. The minimum absolute atomic E-state index is 0.0196. The molecule has 2 N–H and O–H groups in total. The summed E-state index contributed by atoms with van der Waals surface area (Å²) >= 11 is 0. The molecule has 5 nitrogen and oxygen atoms in total. The third kappa shape index (κ3) is 6.76. The number of benzene rings is 1. The van der Waals surface area contributed by atoms with Crippen molar-refractivity contribution in [2.45, 2.75) is 79.2 Å². The standard InChI is InChI=1S/C24H39N3O2/c1-6-8-9-19(7-2)23(28)26-20-10-11-22(27-14-12-18(5)13-15-27)21(16-20)24(29)25-17(3)4/h10-11,16-19H,6-9,12-15H2,1-5H3,(H,25,29)(H,26,28)/t19-/m0/s1. The summed E-state index contributed by atoms with van der Waals surface area (Å²) in [6, 6.07) is 5.83. The normalized spacial score (nSPS) is 16.0. The molecule has 2 rings (SSSR count). The van der Waals surface area contributed by atoms with Gasteiger partial charge in [-0.2, -0.15) is 0 Å². The van der Waals surface area contributed by atoms with Crippen LogP contribution in [0.25, 0.3) is 0 Å². The molecule has 1 atom stereocenters. The minimum atomic E-state index is -0.0808. The zero-order valence-corrected chi connectivity index (χ0v) is 18.9. The van der Waals surface area contributed by atoms with Crippen molar-refractivity contribution < 1.29 is 9.59 Å². The second-order valence-electron chi connectivity index (χ2n) is 8.77. The van der Waals surface area contributed by atoms with Crippen molar-refractivity contribution >= 4 is 23.2 Å². The number of rotatable bonds is 9. The molecule has 0 aromatic heterocycles. The molecule has 2 amide bonds. The van der Waals surface area contributed by atoms with Crippen LogP contribution in [-0.2, 0) is 4.79 Å². The minimum Gasteiger partial charge on any atom is -0.371 e. The van der Waals surface area contributed by atoms with Gasteiger partial charge in [0.15, 0.2) is 0 Å². The molecule has 0 unspecified atom stereocenters. The van der Waals surface area contributed by atoms with Crippen molar-refractivity contribution in [1.29, 1.82) is 0 Å². The van der Waals surface area contributed by atoms with Crippen molar-refractivity contribution in [3.05, 3.63) is 23.8 Å². The number of carbonyl (C=O) groups is 2. The Labute approximate surface area is 176 Å². The van der Waals surface area contributed by atoms with E-state index in [2.05, 4.69) is 36.3 Å². The van der Waals surface area contributed by atoms with Crippen LogP contribution >= 0.6 is 0 Å². The van der Waals surface area contributed by atoms with E-state index in [0.29, 0.717) is 11.3 Å². The summed E-state index contributed by atoms with van der Waals surface area (Å²) in [6.45, 7) is 12.3. The highest BCUT2D eigenvalue weighted by Crippen LogP contribution is 2.29. The first-order valence-electron chi connectivity index (χ1n) is 11.4. The molecule has 29 heavy (non-hydrogen) atoms. The molecule has 1 heterocycles. The van der Waals surface area contributed by atoms with Gasteiger partial charge in [-0.1, -0.05) is 33.6 Å². The summed E-state index contributed by atoms with van der Waals surface area (Å²) < 4.78 is 0. The molecule has 1 aromatic carbocycles. The van der Waals surface area contributed by atoms with Crippen LogP contribution in [0.2, 0.25) is 0 Å². The van der Waals surface area contributed by atoms with E-state index in [1.807, 2.05) is 32.0 Å². The predicted molar refractivity (Wildman–Crippen MR) is 122 cm³/mol. The van der Waals surface area contributed by atoms with Crippen molar-refractivity contribution in [3.63, 3.8) is 0 Å². The lowest BCUT2D eigenvalue weighted by molar-refractivity contribution is -0.120. The van der Waals surface area contributed by atoms with E-state index in [0.717, 1.165) is 63.2 Å². The summed E-state index contributed by atoms with van der Waals surface area (Å²) in [5.74, 6) is 0.719. The van der Waals surface area contributed by atoms with Gasteiger partial charge >= 0.3 is 0 Å². The Morgan fingerprint density at radius 3 is 2.45 bits per heavy atom. The van der Waals surface area contributed by atoms with Crippen molar-refractivity contribution in [1.82, 2.24) is 5.32 Å². The van der Waals surface area contributed by atoms with Gasteiger partial charge in [0.05, 0.1) is 5.56 Å². The second kappa shape index (κ2) is 11.2. The molecule has 1 fully saturated rings. The summed E-state index contributed by atoms with van der Waals surface area (Å²) in [7, 11) is 0. The Balaban J connectivity index is 2.24. The molecule has 0 radical (unpaired) electrons. The maximum Gasteiger partial charge on any atom is 0.253 e. The van der Waals surface area contributed by atoms with Gasteiger partial charge < -0.3 is 15.5 Å². The highest BCUT2D eigenvalue weighted by atomic mass is 16.2. The SMILES string of the molecule is CCCC[C@H](CC)C(=O)Nc1ccc(N2CCC(C)CC2)c(C(=O)NC(C)C)c1. The highest BCUT2D eigenvalue weighted by Gasteiger charge is 2.23. The van der Waals surface area contributed by atoms with E-state index < -0.39 is 0 Å². The van der Waals surface area contributed by atoms with Gasteiger partial charge in [0.25, 0.3) is 5.91 Å². The van der Waals surface area contributed by atoms with Crippen LogP contribution in [0, 0.1) is 11.8 Å². The highest BCUT2D eigenvalue weighted by molar-refractivity contribution is 6.02. The smallest absolute Gasteiger partial charge is 0.253 e. The zero-order chi connectivity index (χ0) is 21.4. The van der Waals surface area contributed by atoms with Crippen LogP contribution in [0.1, 0.15) is 83.5 Å². The number of piperidine rings is 1. The summed E-state index contributed by atoms with van der Waals surface area (Å²) in [4.78, 5) is 27.9. The number of nitrogens with one attached hydrogen (secondary N) is 2. The Hall–Kier alpha value is -2.04. The van der Waals surface area contributed by atoms with Crippen molar-refractivity contribution in [2.24, 2.45) is 11.8 Å². The van der Waals surface area contributed by atoms with Crippen LogP contribution < -0.4 is 15.5 Å². The molecule has 162 valence electrons. The van der Waals surface area contributed by atoms with Gasteiger partial charge in [-0.3, -0.25) is 9.59 Å². The Kier molecular flexibility index (Phi) is 8.99. The van der Waals surface area contributed by atoms with Crippen LogP contribution in [0.4, 0.5) is 11.4 Å². The van der Waals surface area contributed by atoms with Crippen molar-refractivity contribution in [3.8, 4) is 0 Å². The fourth-order valence-electron chi connectivity index (χ4n) is 3.88. The van der Waals surface area contributed by atoms with Crippen molar-refractivity contribution in [2.75, 3.05) is 23.3 Å². The lowest BCUT2D eigenvalue weighted by atomic mass is 9.97. The van der Waals surface area contributed by atoms with E-state index in [1.165, 1.54) is 0 Å². The van der Waals surface area contributed by atoms with Crippen LogP contribution in [0.3, 0.4) is 0 Å². The van der Waals surface area contributed by atoms with Gasteiger partial charge in [-0.25, -0.2) is 0 Å².